The lowest BCUT2D eigenvalue weighted by molar-refractivity contribution is -0.0708. The molecule has 0 saturated carbocycles. The summed E-state index contributed by atoms with van der Waals surface area (Å²) in [5.41, 5.74) is 0.418. The number of aromatic nitrogens is 2. The Morgan fingerprint density at radius 1 is 1.09 bits per heavy atom. The summed E-state index contributed by atoms with van der Waals surface area (Å²) in [7, 11) is 0. The number of hydrogen-bond acceptors (Lipinski definition) is 6. The minimum atomic E-state index is -0.658. The average Bonchev–Trinajstić information content (AvgIpc) is 3.22. The molecule has 32 heavy (non-hydrogen) atoms. The zero-order valence-corrected chi connectivity index (χ0v) is 19.1. The maximum absolute atomic E-state index is 12.4. The number of nitrogens with zero attached hydrogens (tertiary/aromatic N) is 1. The van der Waals surface area contributed by atoms with Crippen molar-refractivity contribution in [2.75, 3.05) is 6.61 Å². The van der Waals surface area contributed by atoms with Crippen LogP contribution in [-0.2, 0) is 20.8 Å². The van der Waals surface area contributed by atoms with Crippen LogP contribution in [0.2, 0.25) is 0 Å². The molecule has 166 valence electrons. The van der Waals surface area contributed by atoms with E-state index in [4.69, 9.17) is 14.2 Å². The second kappa shape index (κ2) is 10.2. The summed E-state index contributed by atoms with van der Waals surface area (Å²) >= 11 is 1.86. The highest BCUT2D eigenvalue weighted by molar-refractivity contribution is 14.1. The number of carbonyl (C=O) groups is 1. The Hall–Kier alpha value is -2.76. The maximum atomic E-state index is 12.4. The number of carbonyl (C=O) groups excluding carboxylic acids is 1. The van der Waals surface area contributed by atoms with Gasteiger partial charge in [0.05, 0.1) is 21.8 Å². The van der Waals surface area contributed by atoms with Gasteiger partial charge in [-0.3, -0.25) is 14.3 Å². The highest BCUT2D eigenvalue weighted by Crippen LogP contribution is 2.31. The Morgan fingerprint density at radius 2 is 1.78 bits per heavy atom. The van der Waals surface area contributed by atoms with E-state index >= 15 is 0 Å². The average molecular weight is 548 g/mol. The van der Waals surface area contributed by atoms with Gasteiger partial charge in [0.2, 0.25) is 0 Å². The molecule has 3 aromatic rings. The van der Waals surface area contributed by atoms with Crippen LogP contribution in [0.25, 0.3) is 0 Å². The van der Waals surface area contributed by atoms with Crippen LogP contribution in [0.3, 0.4) is 0 Å². The van der Waals surface area contributed by atoms with E-state index in [1.807, 2.05) is 59.0 Å². The van der Waals surface area contributed by atoms with E-state index in [2.05, 4.69) is 4.98 Å². The molecule has 8 nitrogen and oxygen atoms in total. The van der Waals surface area contributed by atoms with Gasteiger partial charge < -0.3 is 14.2 Å². The Morgan fingerprint density at radius 3 is 2.50 bits per heavy atom. The lowest BCUT2D eigenvalue weighted by Gasteiger charge is -2.19. The van der Waals surface area contributed by atoms with E-state index in [1.165, 1.54) is 10.8 Å². The van der Waals surface area contributed by atoms with Gasteiger partial charge >= 0.3 is 11.7 Å². The molecule has 0 amide bonds. The SMILES string of the molecule is O=C(OC[C@H]1O[C@@H](n2cc(I)c(=O)[nH]c2=O)C[C@@H]1OCc1ccccc1)c1ccccc1. The number of hydrogen-bond donors (Lipinski definition) is 1. The fourth-order valence-electron chi connectivity index (χ4n) is 3.46. The van der Waals surface area contributed by atoms with Crippen LogP contribution in [0.4, 0.5) is 0 Å². The first kappa shape index (κ1) is 22.4. The Kier molecular flexibility index (Phi) is 7.18. The molecule has 9 heteroatoms. The number of esters is 1. The summed E-state index contributed by atoms with van der Waals surface area (Å²) in [6, 6.07) is 18.4. The minimum Gasteiger partial charge on any atom is -0.459 e. The van der Waals surface area contributed by atoms with Crippen LogP contribution < -0.4 is 11.2 Å². The summed E-state index contributed by atoms with van der Waals surface area (Å²) < 4.78 is 19.3. The van der Waals surface area contributed by atoms with Crippen LogP contribution in [0.15, 0.2) is 76.4 Å². The first-order valence-electron chi connectivity index (χ1n) is 10.1. The molecule has 0 aliphatic carbocycles. The molecule has 1 aliphatic rings. The first-order valence-corrected chi connectivity index (χ1v) is 11.1. The zero-order valence-electron chi connectivity index (χ0n) is 17.0. The highest BCUT2D eigenvalue weighted by Gasteiger charge is 2.38. The van der Waals surface area contributed by atoms with Gasteiger partial charge in [-0.2, -0.15) is 0 Å². The van der Waals surface area contributed by atoms with E-state index in [9.17, 15) is 14.4 Å². The predicted octanol–water partition coefficient (Wildman–Crippen LogP) is 2.87. The van der Waals surface area contributed by atoms with Gasteiger partial charge in [-0.1, -0.05) is 48.5 Å². The van der Waals surface area contributed by atoms with Crippen molar-refractivity contribution in [1.29, 1.82) is 0 Å². The molecular formula is C23H21IN2O6. The predicted molar refractivity (Wildman–Crippen MR) is 124 cm³/mol. The van der Waals surface area contributed by atoms with Crippen molar-refractivity contribution in [2.24, 2.45) is 0 Å². The number of H-pyrrole nitrogens is 1. The van der Waals surface area contributed by atoms with E-state index in [-0.39, 0.29) is 6.61 Å². The van der Waals surface area contributed by atoms with Crippen molar-refractivity contribution < 1.29 is 19.0 Å². The normalized spacial score (nSPS) is 20.2. The molecule has 3 atom stereocenters. The third kappa shape index (κ3) is 5.34. The smallest absolute Gasteiger partial charge is 0.338 e. The van der Waals surface area contributed by atoms with E-state index in [0.717, 1.165) is 5.56 Å². The quantitative estimate of drug-likeness (QED) is 0.360. The van der Waals surface area contributed by atoms with Crippen molar-refractivity contribution in [2.45, 2.75) is 31.5 Å². The van der Waals surface area contributed by atoms with Crippen molar-refractivity contribution in [3.63, 3.8) is 0 Å². The third-order valence-corrected chi connectivity index (χ3v) is 5.88. The van der Waals surface area contributed by atoms with Gasteiger partial charge in [0, 0.05) is 12.6 Å². The Labute approximate surface area is 197 Å². The van der Waals surface area contributed by atoms with Crippen molar-refractivity contribution in [3.05, 3.63) is 102 Å². The lowest BCUT2D eigenvalue weighted by Crippen LogP contribution is -2.33. The third-order valence-electron chi connectivity index (χ3n) is 5.11. The summed E-state index contributed by atoms with van der Waals surface area (Å²) in [4.78, 5) is 38.7. The summed E-state index contributed by atoms with van der Waals surface area (Å²) in [6.45, 7) is 0.321. The van der Waals surface area contributed by atoms with Crippen LogP contribution in [0.1, 0.15) is 28.6 Å². The molecule has 1 aromatic heterocycles. The van der Waals surface area contributed by atoms with E-state index in [0.29, 0.717) is 22.2 Å². The molecule has 0 unspecified atom stereocenters. The number of nitrogens with one attached hydrogen (secondary N) is 1. The summed E-state index contributed by atoms with van der Waals surface area (Å²) in [5, 5.41) is 0. The molecule has 1 aliphatic heterocycles. The van der Waals surface area contributed by atoms with Gasteiger partial charge in [-0.15, -0.1) is 0 Å². The van der Waals surface area contributed by atoms with Crippen molar-refractivity contribution in [1.82, 2.24) is 9.55 Å². The standard InChI is InChI=1S/C23H21IN2O6/c24-17-12-26(23(29)25-21(17)27)20-11-18(30-13-15-7-3-1-4-8-15)19(32-20)14-31-22(28)16-9-5-2-6-10-16/h1-10,12,18-20H,11,13-14H2,(H,25,27,29)/t18-,19+,20+/m0/s1. The van der Waals surface area contributed by atoms with Crippen LogP contribution in [0, 0.1) is 3.57 Å². The van der Waals surface area contributed by atoms with Crippen LogP contribution in [-0.4, -0.2) is 34.3 Å². The number of aromatic amines is 1. The molecular weight excluding hydrogens is 527 g/mol. The van der Waals surface area contributed by atoms with Crippen LogP contribution in [0.5, 0.6) is 0 Å². The van der Waals surface area contributed by atoms with Gasteiger partial charge in [0.1, 0.15) is 18.9 Å². The number of halogens is 1. The Balaban J connectivity index is 1.49. The molecule has 1 N–H and O–H groups in total. The van der Waals surface area contributed by atoms with E-state index < -0.39 is 35.7 Å². The van der Waals surface area contributed by atoms with Gasteiger partial charge in [0.25, 0.3) is 5.56 Å². The van der Waals surface area contributed by atoms with E-state index in [1.54, 1.807) is 24.3 Å². The second-order valence-electron chi connectivity index (χ2n) is 7.31. The van der Waals surface area contributed by atoms with Gasteiger partial charge in [-0.05, 0) is 40.3 Å². The fourth-order valence-corrected chi connectivity index (χ4v) is 3.90. The van der Waals surface area contributed by atoms with Crippen molar-refractivity contribution in [3.8, 4) is 0 Å². The van der Waals surface area contributed by atoms with Gasteiger partial charge in [0.15, 0.2) is 0 Å². The van der Waals surface area contributed by atoms with Gasteiger partial charge in [-0.25, -0.2) is 9.59 Å². The Bertz CT molecular complexity index is 1180. The molecule has 4 rings (SSSR count). The lowest BCUT2D eigenvalue weighted by atomic mass is 10.1. The highest BCUT2D eigenvalue weighted by atomic mass is 127. The number of ether oxygens (including phenoxy) is 3. The first-order chi connectivity index (χ1) is 15.5. The molecule has 0 bridgehead atoms. The monoisotopic (exact) mass is 548 g/mol. The molecule has 2 aromatic carbocycles. The largest absolute Gasteiger partial charge is 0.459 e. The maximum Gasteiger partial charge on any atom is 0.338 e. The topological polar surface area (TPSA) is 99.6 Å². The fraction of sp³-hybridized carbons (Fsp3) is 0.261. The minimum absolute atomic E-state index is 0.0289. The summed E-state index contributed by atoms with van der Waals surface area (Å²) in [5.74, 6) is -0.463. The zero-order chi connectivity index (χ0) is 22.5. The second-order valence-corrected chi connectivity index (χ2v) is 8.47. The van der Waals surface area contributed by atoms with Crippen molar-refractivity contribution >= 4 is 28.6 Å². The molecule has 1 fully saturated rings. The molecule has 1 saturated heterocycles. The molecule has 2 heterocycles. The molecule has 0 radical (unpaired) electrons. The number of rotatable bonds is 7. The molecule has 0 spiro atoms. The summed E-state index contributed by atoms with van der Waals surface area (Å²) in [6.07, 6.45) is 0.170. The number of benzene rings is 2. The van der Waals surface area contributed by atoms with Crippen LogP contribution >= 0.6 is 22.6 Å².